The lowest BCUT2D eigenvalue weighted by Gasteiger charge is -2.38. The van der Waals surface area contributed by atoms with Crippen LogP contribution in [0.3, 0.4) is 0 Å². The minimum atomic E-state index is 0.541. The Labute approximate surface area is 96.9 Å². The molecule has 88 valence electrons. The smallest absolute Gasteiger partial charge is 0.151 e. The zero-order chi connectivity index (χ0) is 11.5. The normalized spacial score (nSPS) is 25.8. The monoisotopic (exact) mass is 220 g/mol. The van der Waals surface area contributed by atoms with Gasteiger partial charge in [-0.15, -0.1) is 5.10 Å². The second kappa shape index (κ2) is 4.78. The van der Waals surface area contributed by atoms with Gasteiger partial charge in [-0.25, -0.2) is 0 Å². The molecule has 1 aromatic rings. The largest absolute Gasteiger partial charge is 0.352 e. The molecular formula is C12H20N4. The lowest BCUT2D eigenvalue weighted by Crippen LogP contribution is -2.44. The second-order valence-corrected chi connectivity index (χ2v) is 4.71. The van der Waals surface area contributed by atoms with Crippen LogP contribution in [0.1, 0.15) is 25.5 Å². The zero-order valence-corrected chi connectivity index (χ0v) is 10.1. The molecule has 2 heterocycles. The highest BCUT2D eigenvalue weighted by Crippen LogP contribution is 2.25. The van der Waals surface area contributed by atoms with Gasteiger partial charge >= 0.3 is 0 Å². The van der Waals surface area contributed by atoms with E-state index in [-0.39, 0.29) is 0 Å². The van der Waals surface area contributed by atoms with Crippen molar-refractivity contribution in [3.05, 3.63) is 17.8 Å². The van der Waals surface area contributed by atoms with Crippen molar-refractivity contribution >= 4 is 5.82 Å². The number of piperidine rings is 1. The van der Waals surface area contributed by atoms with Crippen LogP contribution in [0.5, 0.6) is 0 Å². The molecule has 0 spiro atoms. The van der Waals surface area contributed by atoms with E-state index in [4.69, 9.17) is 5.73 Å². The SMILES string of the molecule is Cc1ccc(N2CC(CN)CCC2C)nn1. The van der Waals surface area contributed by atoms with Crippen LogP contribution in [0.25, 0.3) is 0 Å². The molecule has 1 saturated heterocycles. The topological polar surface area (TPSA) is 55.0 Å². The molecule has 0 bridgehead atoms. The highest BCUT2D eigenvalue weighted by molar-refractivity contribution is 5.39. The molecule has 0 aliphatic carbocycles. The number of nitrogens with zero attached hydrogens (tertiary/aromatic N) is 3. The summed E-state index contributed by atoms with van der Waals surface area (Å²) in [5.74, 6) is 1.58. The van der Waals surface area contributed by atoms with Crippen molar-refractivity contribution in [3.8, 4) is 0 Å². The highest BCUT2D eigenvalue weighted by atomic mass is 15.3. The van der Waals surface area contributed by atoms with Gasteiger partial charge in [-0.1, -0.05) is 0 Å². The summed E-state index contributed by atoms with van der Waals surface area (Å²) in [5.41, 5.74) is 6.71. The van der Waals surface area contributed by atoms with Gasteiger partial charge in [-0.2, -0.15) is 5.10 Å². The third-order valence-corrected chi connectivity index (χ3v) is 3.39. The molecule has 4 heteroatoms. The molecule has 0 radical (unpaired) electrons. The number of nitrogens with two attached hydrogens (primary N) is 1. The Morgan fingerprint density at radius 2 is 2.19 bits per heavy atom. The second-order valence-electron chi connectivity index (χ2n) is 4.71. The predicted octanol–water partition coefficient (Wildman–Crippen LogP) is 1.35. The summed E-state index contributed by atoms with van der Waals surface area (Å²) in [6.45, 7) is 5.98. The average Bonchev–Trinajstić information content (AvgIpc) is 2.31. The minimum absolute atomic E-state index is 0.541. The molecule has 2 atom stereocenters. The van der Waals surface area contributed by atoms with Crippen molar-refractivity contribution in [1.29, 1.82) is 0 Å². The van der Waals surface area contributed by atoms with Crippen molar-refractivity contribution < 1.29 is 0 Å². The van der Waals surface area contributed by atoms with Gasteiger partial charge in [0.15, 0.2) is 5.82 Å². The van der Waals surface area contributed by atoms with Gasteiger partial charge in [0.25, 0.3) is 0 Å². The fraction of sp³-hybridized carbons (Fsp3) is 0.667. The van der Waals surface area contributed by atoms with Gasteiger partial charge in [0.05, 0.1) is 5.69 Å². The maximum atomic E-state index is 5.75. The lowest BCUT2D eigenvalue weighted by atomic mass is 9.93. The number of rotatable bonds is 2. The van der Waals surface area contributed by atoms with Crippen LogP contribution in [-0.4, -0.2) is 29.3 Å². The first kappa shape index (κ1) is 11.3. The van der Waals surface area contributed by atoms with Crippen LogP contribution in [0, 0.1) is 12.8 Å². The van der Waals surface area contributed by atoms with E-state index in [1.54, 1.807) is 0 Å². The molecular weight excluding hydrogens is 200 g/mol. The summed E-state index contributed by atoms with van der Waals surface area (Å²) in [4.78, 5) is 2.33. The quantitative estimate of drug-likeness (QED) is 0.817. The molecule has 0 aromatic carbocycles. The van der Waals surface area contributed by atoms with E-state index in [0.717, 1.165) is 24.6 Å². The Morgan fingerprint density at radius 3 is 2.81 bits per heavy atom. The molecule has 0 saturated carbocycles. The van der Waals surface area contributed by atoms with E-state index in [2.05, 4.69) is 28.1 Å². The zero-order valence-electron chi connectivity index (χ0n) is 10.1. The molecule has 2 rings (SSSR count). The highest BCUT2D eigenvalue weighted by Gasteiger charge is 2.25. The van der Waals surface area contributed by atoms with E-state index in [0.29, 0.717) is 12.0 Å². The van der Waals surface area contributed by atoms with Gasteiger partial charge in [0.1, 0.15) is 0 Å². The summed E-state index contributed by atoms with van der Waals surface area (Å²) < 4.78 is 0. The molecule has 1 aromatic heterocycles. The Bertz CT molecular complexity index is 335. The summed E-state index contributed by atoms with van der Waals surface area (Å²) in [5, 5.41) is 8.37. The van der Waals surface area contributed by atoms with E-state index in [1.165, 1.54) is 12.8 Å². The van der Waals surface area contributed by atoms with Crippen LogP contribution >= 0.6 is 0 Å². The van der Waals surface area contributed by atoms with Crippen LogP contribution in [0.2, 0.25) is 0 Å². The van der Waals surface area contributed by atoms with Gasteiger partial charge < -0.3 is 10.6 Å². The first-order valence-electron chi connectivity index (χ1n) is 5.97. The van der Waals surface area contributed by atoms with Gasteiger partial charge in [0.2, 0.25) is 0 Å². The Hall–Kier alpha value is -1.16. The summed E-state index contributed by atoms with van der Waals surface area (Å²) >= 11 is 0. The number of anilines is 1. The molecule has 4 nitrogen and oxygen atoms in total. The standard InChI is InChI=1S/C12H20N4/c1-9-3-6-12(15-14-9)16-8-11(7-13)5-4-10(16)2/h3,6,10-11H,4-5,7-8,13H2,1-2H3. The first-order chi connectivity index (χ1) is 7.70. The summed E-state index contributed by atoms with van der Waals surface area (Å²) in [6, 6.07) is 4.61. The van der Waals surface area contributed by atoms with Crippen LogP contribution < -0.4 is 10.6 Å². The molecule has 1 fully saturated rings. The molecule has 1 aliphatic rings. The molecule has 0 amide bonds. The van der Waals surface area contributed by atoms with Gasteiger partial charge in [-0.3, -0.25) is 0 Å². The van der Waals surface area contributed by atoms with Crippen LogP contribution in [-0.2, 0) is 0 Å². The predicted molar refractivity (Wildman–Crippen MR) is 65.4 cm³/mol. The maximum absolute atomic E-state index is 5.75. The van der Waals surface area contributed by atoms with E-state index in [9.17, 15) is 0 Å². The number of hydrogen-bond donors (Lipinski definition) is 1. The van der Waals surface area contributed by atoms with Crippen molar-refractivity contribution in [3.63, 3.8) is 0 Å². The van der Waals surface area contributed by atoms with Gasteiger partial charge in [-0.05, 0) is 51.3 Å². The van der Waals surface area contributed by atoms with E-state index < -0.39 is 0 Å². The third-order valence-electron chi connectivity index (χ3n) is 3.39. The van der Waals surface area contributed by atoms with Crippen molar-refractivity contribution in [2.24, 2.45) is 11.7 Å². The van der Waals surface area contributed by atoms with Gasteiger partial charge in [0, 0.05) is 12.6 Å². The first-order valence-corrected chi connectivity index (χ1v) is 5.97. The third kappa shape index (κ3) is 2.32. The summed E-state index contributed by atoms with van der Waals surface area (Å²) in [7, 11) is 0. The van der Waals surface area contributed by atoms with E-state index >= 15 is 0 Å². The van der Waals surface area contributed by atoms with Crippen LogP contribution in [0.4, 0.5) is 5.82 Å². The maximum Gasteiger partial charge on any atom is 0.151 e. The average molecular weight is 220 g/mol. The molecule has 2 unspecified atom stereocenters. The van der Waals surface area contributed by atoms with Crippen molar-refractivity contribution in [2.45, 2.75) is 32.7 Å². The molecule has 1 aliphatic heterocycles. The fourth-order valence-corrected chi connectivity index (χ4v) is 2.24. The summed E-state index contributed by atoms with van der Waals surface area (Å²) in [6.07, 6.45) is 2.42. The Morgan fingerprint density at radius 1 is 1.38 bits per heavy atom. The number of aromatic nitrogens is 2. The fourth-order valence-electron chi connectivity index (χ4n) is 2.24. The lowest BCUT2D eigenvalue weighted by molar-refractivity contribution is 0.371. The molecule has 2 N–H and O–H groups in total. The van der Waals surface area contributed by atoms with Crippen LogP contribution in [0.15, 0.2) is 12.1 Å². The Kier molecular flexibility index (Phi) is 3.39. The molecule has 16 heavy (non-hydrogen) atoms. The minimum Gasteiger partial charge on any atom is -0.352 e. The van der Waals surface area contributed by atoms with Crippen molar-refractivity contribution in [1.82, 2.24) is 10.2 Å². The van der Waals surface area contributed by atoms with Crippen molar-refractivity contribution in [2.75, 3.05) is 18.0 Å². The Balaban J connectivity index is 2.14. The number of aryl methyl sites for hydroxylation is 1. The number of hydrogen-bond acceptors (Lipinski definition) is 4. The van der Waals surface area contributed by atoms with E-state index in [1.807, 2.05) is 13.0 Å².